The zero-order chi connectivity index (χ0) is 24.1. The van der Waals surface area contributed by atoms with Crippen LogP contribution < -0.4 is 4.90 Å². The first-order valence-corrected chi connectivity index (χ1v) is 10.6. The van der Waals surface area contributed by atoms with Crippen LogP contribution >= 0.6 is 0 Å². The Balaban J connectivity index is 2.24. The van der Waals surface area contributed by atoms with Crippen LogP contribution in [0.2, 0.25) is 0 Å². The fourth-order valence-corrected chi connectivity index (χ4v) is 5.02. The highest BCUT2D eigenvalue weighted by atomic mass is 32.2. The Morgan fingerprint density at radius 1 is 1.06 bits per heavy atom. The van der Waals surface area contributed by atoms with Crippen molar-refractivity contribution in [2.24, 2.45) is 0 Å². The summed E-state index contributed by atoms with van der Waals surface area (Å²) in [5, 5.41) is 9.86. The number of aromatic hydroxyl groups is 1. The van der Waals surface area contributed by atoms with E-state index in [0.29, 0.717) is 16.4 Å². The minimum atomic E-state index is -5.04. The number of sulfonamides is 1. The van der Waals surface area contributed by atoms with Crippen LogP contribution in [0.25, 0.3) is 0 Å². The van der Waals surface area contributed by atoms with Crippen LogP contribution in [-0.4, -0.2) is 43.6 Å². The highest BCUT2D eigenvalue weighted by Crippen LogP contribution is 2.45. The van der Waals surface area contributed by atoms with Gasteiger partial charge in [-0.1, -0.05) is 0 Å². The fraction of sp³-hybridized carbons (Fsp3) is 0.368. The molecule has 13 heteroatoms. The maximum Gasteiger partial charge on any atom is 0.420 e. The molecule has 0 saturated carbocycles. The number of hydrogen-bond donors (Lipinski definition) is 1. The highest BCUT2D eigenvalue weighted by Gasteiger charge is 2.42. The predicted molar refractivity (Wildman–Crippen MR) is 101 cm³/mol. The van der Waals surface area contributed by atoms with E-state index in [1.165, 1.54) is 0 Å². The molecule has 2 aromatic carbocycles. The van der Waals surface area contributed by atoms with Crippen LogP contribution in [0, 0.1) is 5.82 Å². The van der Waals surface area contributed by atoms with Crippen molar-refractivity contribution in [1.29, 1.82) is 0 Å². The number of hydrogen-bond acceptors (Lipinski definition) is 4. The Morgan fingerprint density at radius 2 is 1.66 bits per heavy atom. The van der Waals surface area contributed by atoms with E-state index in [0.717, 1.165) is 36.2 Å². The number of phenols is 1. The van der Waals surface area contributed by atoms with Crippen molar-refractivity contribution in [2.45, 2.75) is 36.1 Å². The summed E-state index contributed by atoms with van der Waals surface area (Å²) in [6.07, 6.45) is -11.6. The average Bonchev–Trinajstić information content (AvgIpc) is 2.74. The lowest BCUT2D eigenvalue weighted by Crippen LogP contribution is -2.41. The van der Waals surface area contributed by atoms with Crippen LogP contribution in [0.3, 0.4) is 0 Å². The van der Waals surface area contributed by atoms with E-state index in [9.17, 15) is 44.3 Å². The third-order valence-electron chi connectivity index (χ3n) is 5.14. The lowest BCUT2D eigenvalue weighted by atomic mass is 10.1. The molecule has 0 aliphatic carbocycles. The normalized spacial score (nSPS) is 19.5. The van der Waals surface area contributed by atoms with Crippen LogP contribution in [0.15, 0.2) is 41.3 Å². The van der Waals surface area contributed by atoms with E-state index < -0.39 is 75.5 Å². The minimum absolute atomic E-state index is 0.0639. The van der Waals surface area contributed by atoms with E-state index in [2.05, 4.69) is 0 Å². The summed E-state index contributed by atoms with van der Waals surface area (Å²) in [4.78, 5) is 0.357. The molecule has 1 aliphatic rings. The van der Waals surface area contributed by atoms with E-state index in [1.807, 2.05) is 0 Å². The fourth-order valence-electron chi connectivity index (χ4n) is 3.45. The molecule has 1 heterocycles. The minimum Gasteiger partial charge on any atom is -0.507 e. The second kappa shape index (κ2) is 8.10. The summed E-state index contributed by atoms with van der Waals surface area (Å²) >= 11 is 0. The topological polar surface area (TPSA) is 60.9 Å². The molecule has 1 unspecified atom stereocenters. The molecule has 0 radical (unpaired) electrons. The summed E-state index contributed by atoms with van der Waals surface area (Å²) < 4.78 is 119. The van der Waals surface area contributed by atoms with E-state index in [1.54, 1.807) is 0 Å². The predicted octanol–water partition coefficient (Wildman–Crippen LogP) is 5.03. The maximum atomic E-state index is 13.4. The number of nitrogens with zero attached hydrogens (tertiary/aromatic N) is 2. The molecule has 0 fully saturated rings. The zero-order valence-electron chi connectivity index (χ0n) is 16.4. The lowest BCUT2D eigenvalue weighted by molar-refractivity contribution is -0.139. The van der Waals surface area contributed by atoms with Crippen molar-refractivity contribution in [3.63, 3.8) is 0 Å². The van der Waals surface area contributed by atoms with Crippen LogP contribution in [0.4, 0.5) is 42.1 Å². The molecular weight excluding hydrogens is 469 g/mol. The molecule has 0 spiro atoms. The van der Waals surface area contributed by atoms with E-state index in [4.69, 9.17) is 0 Å². The quantitative estimate of drug-likeness (QED) is 0.619. The number of alkyl halides is 6. The number of halogens is 7. The van der Waals surface area contributed by atoms with Gasteiger partial charge in [0.1, 0.15) is 16.5 Å². The van der Waals surface area contributed by atoms with Gasteiger partial charge in [-0.05, 0) is 36.8 Å². The Bertz CT molecular complexity index is 1100. The molecule has 0 aromatic heterocycles. The van der Waals surface area contributed by atoms with Crippen LogP contribution in [-0.2, 0) is 16.2 Å². The zero-order valence-corrected chi connectivity index (χ0v) is 17.2. The molecule has 0 amide bonds. The Hall–Kier alpha value is -2.54. The van der Waals surface area contributed by atoms with Gasteiger partial charge in [0.05, 0.1) is 11.3 Å². The van der Waals surface area contributed by atoms with Crippen LogP contribution in [0.5, 0.6) is 5.75 Å². The van der Waals surface area contributed by atoms with Crippen molar-refractivity contribution in [1.82, 2.24) is 4.31 Å². The molecule has 0 bridgehead atoms. The van der Waals surface area contributed by atoms with Crippen molar-refractivity contribution >= 4 is 21.4 Å². The Kier molecular flexibility index (Phi) is 6.11. The molecular formula is C19H17F7N2O3S. The van der Waals surface area contributed by atoms with Crippen LogP contribution in [0.1, 0.15) is 18.4 Å². The largest absolute Gasteiger partial charge is 0.507 e. The summed E-state index contributed by atoms with van der Waals surface area (Å²) in [5.74, 6) is -2.02. The molecule has 2 aromatic rings. The Labute approximate surface area is 178 Å². The first kappa shape index (κ1) is 24.1. The summed E-state index contributed by atoms with van der Waals surface area (Å²) in [6.45, 7) is -0.438. The number of anilines is 2. The molecule has 1 aliphatic heterocycles. The molecule has 1 atom stereocenters. The van der Waals surface area contributed by atoms with Gasteiger partial charge in [-0.15, -0.1) is 0 Å². The second-order valence-electron chi connectivity index (χ2n) is 7.25. The number of phenolic OH excluding ortho intramolecular Hbond substituents is 1. The standard InChI is InChI=1S/C19H17F7N2O3S/c1-27-13(6-7-18(21,22)23)10-28(12-4-2-11(20)3-5-12)15-8-14(19(24,25)26)16(29)9-17(15)32(27,30)31/h2-5,8-9,13,29H,6-7,10H2,1H3. The molecule has 5 nitrogen and oxygen atoms in total. The summed E-state index contributed by atoms with van der Waals surface area (Å²) in [5.41, 5.74) is -1.95. The van der Waals surface area contributed by atoms with Gasteiger partial charge in [0.2, 0.25) is 10.0 Å². The van der Waals surface area contributed by atoms with Gasteiger partial charge < -0.3 is 10.0 Å². The molecule has 176 valence electrons. The number of likely N-dealkylation sites (N-methyl/N-ethyl adjacent to an activating group) is 1. The van der Waals surface area contributed by atoms with Crippen molar-refractivity contribution in [2.75, 3.05) is 18.5 Å². The van der Waals surface area contributed by atoms with Gasteiger partial charge in [-0.3, -0.25) is 0 Å². The number of rotatable bonds is 3. The molecule has 32 heavy (non-hydrogen) atoms. The molecule has 3 rings (SSSR count). The lowest BCUT2D eigenvalue weighted by Gasteiger charge is -2.30. The average molecular weight is 486 g/mol. The SMILES string of the molecule is CN1C(CCC(F)(F)F)CN(c2ccc(F)cc2)c2cc(C(F)(F)F)c(O)cc2S1(=O)=O. The molecule has 1 N–H and O–H groups in total. The number of fused-ring (bicyclic) bond motifs is 1. The monoisotopic (exact) mass is 486 g/mol. The third kappa shape index (κ3) is 4.77. The highest BCUT2D eigenvalue weighted by molar-refractivity contribution is 7.89. The first-order chi connectivity index (χ1) is 14.6. The van der Waals surface area contributed by atoms with Gasteiger partial charge in [-0.25, -0.2) is 12.8 Å². The molecule has 0 saturated heterocycles. The maximum absolute atomic E-state index is 13.4. The van der Waals surface area contributed by atoms with Crippen molar-refractivity contribution in [3.8, 4) is 5.75 Å². The summed E-state index contributed by atoms with van der Waals surface area (Å²) in [7, 11) is -3.57. The van der Waals surface area contributed by atoms with Gasteiger partial charge in [0.25, 0.3) is 0 Å². The summed E-state index contributed by atoms with van der Waals surface area (Å²) in [6, 6.07) is 3.85. The number of benzene rings is 2. The first-order valence-electron chi connectivity index (χ1n) is 9.13. The van der Waals surface area contributed by atoms with E-state index in [-0.39, 0.29) is 5.69 Å². The van der Waals surface area contributed by atoms with Crippen molar-refractivity contribution in [3.05, 3.63) is 47.8 Å². The van der Waals surface area contributed by atoms with Gasteiger partial charge in [0, 0.05) is 37.8 Å². The smallest absolute Gasteiger partial charge is 0.420 e. The van der Waals surface area contributed by atoms with E-state index >= 15 is 0 Å². The van der Waals surface area contributed by atoms with Gasteiger partial charge >= 0.3 is 12.4 Å². The second-order valence-corrected chi connectivity index (χ2v) is 9.22. The van der Waals surface area contributed by atoms with Gasteiger partial charge in [-0.2, -0.15) is 30.6 Å². The Morgan fingerprint density at radius 3 is 2.19 bits per heavy atom. The van der Waals surface area contributed by atoms with Gasteiger partial charge in [0.15, 0.2) is 0 Å². The van der Waals surface area contributed by atoms with Crippen molar-refractivity contribution < 1.29 is 44.3 Å². The third-order valence-corrected chi connectivity index (χ3v) is 7.08.